The van der Waals surface area contributed by atoms with E-state index in [-0.39, 0.29) is 17.5 Å². The molecule has 0 fully saturated rings. The minimum atomic E-state index is -0.334. The van der Waals surface area contributed by atoms with Crippen LogP contribution in [0.3, 0.4) is 0 Å². The number of amides is 1. The molecule has 0 radical (unpaired) electrons. The van der Waals surface area contributed by atoms with Crippen molar-refractivity contribution in [1.29, 1.82) is 5.26 Å². The third-order valence-electron chi connectivity index (χ3n) is 5.71. The van der Waals surface area contributed by atoms with E-state index in [2.05, 4.69) is 53.1 Å². The quantitative estimate of drug-likeness (QED) is 0.362. The summed E-state index contributed by atoms with van der Waals surface area (Å²) in [5.74, 6) is -0.334. The zero-order chi connectivity index (χ0) is 21.2. The second-order valence-electron chi connectivity index (χ2n) is 8.00. The summed E-state index contributed by atoms with van der Waals surface area (Å²) in [5, 5.41) is 15.4. The van der Waals surface area contributed by atoms with E-state index in [9.17, 15) is 10.1 Å². The van der Waals surface area contributed by atoms with Crippen molar-refractivity contribution in [2.75, 3.05) is 6.54 Å². The van der Waals surface area contributed by atoms with Gasteiger partial charge < -0.3 is 10.6 Å². The zero-order valence-electron chi connectivity index (χ0n) is 17.8. The zero-order valence-corrected chi connectivity index (χ0v) is 17.8. The number of aryl methyl sites for hydroxylation is 3. The first-order valence-electron chi connectivity index (χ1n) is 11.0. The van der Waals surface area contributed by atoms with Gasteiger partial charge in [-0.1, -0.05) is 48.5 Å². The van der Waals surface area contributed by atoms with Gasteiger partial charge in [0.1, 0.15) is 11.6 Å². The van der Waals surface area contributed by atoms with E-state index in [1.165, 1.54) is 35.7 Å². The van der Waals surface area contributed by atoms with Crippen molar-refractivity contribution in [3.8, 4) is 6.07 Å². The molecular weight excluding hydrogens is 370 g/mol. The van der Waals surface area contributed by atoms with Crippen LogP contribution >= 0.6 is 0 Å². The lowest BCUT2D eigenvalue weighted by Gasteiger charge is -2.20. The summed E-state index contributed by atoms with van der Waals surface area (Å²) < 4.78 is 0. The molecule has 4 nitrogen and oxygen atoms in total. The maximum atomic E-state index is 12.5. The molecule has 1 atom stereocenters. The molecule has 0 bridgehead atoms. The van der Waals surface area contributed by atoms with Crippen molar-refractivity contribution in [3.63, 3.8) is 0 Å². The molecule has 0 spiro atoms. The monoisotopic (exact) mass is 401 g/mol. The fourth-order valence-corrected chi connectivity index (χ4v) is 3.90. The van der Waals surface area contributed by atoms with Crippen molar-refractivity contribution in [2.24, 2.45) is 0 Å². The van der Waals surface area contributed by atoms with E-state index in [1.807, 2.05) is 19.1 Å². The number of nitrogens with one attached hydrogen (secondary N) is 2. The fourth-order valence-electron chi connectivity index (χ4n) is 3.90. The predicted octanol–water partition coefficient (Wildman–Crippen LogP) is 4.76. The van der Waals surface area contributed by atoms with Crippen LogP contribution in [0.25, 0.3) is 0 Å². The average molecular weight is 402 g/mol. The summed E-state index contributed by atoms with van der Waals surface area (Å²) in [5.41, 5.74) is 5.37. The number of hydrogen-bond donors (Lipinski definition) is 2. The van der Waals surface area contributed by atoms with Crippen LogP contribution in [0.5, 0.6) is 0 Å². The summed E-state index contributed by atoms with van der Waals surface area (Å²) in [6.45, 7) is 2.71. The van der Waals surface area contributed by atoms with Crippen molar-refractivity contribution in [3.05, 3.63) is 82.6 Å². The number of unbranched alkanes of at least 4 members (excludes halogenated alkanes) is 1. The van der Waals surface area contributed by atoms with Crippen LogP contribution in [0.2, 0.25) is 0 Å². The average Bonchev–Trinajstić information content (AvgIpc) is 2.78. The first-order chi connectivity index (χ1) is 14.7. The van der Waals surface area contributed by atoms with Crippen LogP contribution in [0, 0.1) is 11.3 Å². The number of benzene rings is 2. The van der Waals surface area contributed by atoms with Crippen LogP contribution in [-0.4, -0.2) is 12.5 Å². The van der Waals surface area contributed by atoms with Crippen LogP contribution in [-0.2, 0) is 24.1 Å². The molecule has 0 aliphatic heterocycles. The molecule has 1 aliphatic carbocycles. The Morgan fingerprint density at radius 1 is 1.10 bits per heavy atom. The summed E-state index contributed by atoms with van der Waals surface area (Å²) >= 11 is 0. The molecule has 0 saturated heterocycles. The van der Waals surface area contributed by atoms with Gasteiger partial charge in [0.15, 0.2) is 0 Å². The molecule has 1 unspecified atom stereocenters. The van der Waals surface area contributed by atoms with E-state index in [4.69, 9.17) is 0 Å². The second-order valence-corrected chi connectivity index (χ2v) is 8.00. The number of carbonyl (C=O) groups is 1. The molecule has 156 valence electrons. The molecular formula is C26H31N3O. The standard InChI is InChI=1S/C26H31N3O/c1-20(23-15-14-22-12-5-6-13-24(22)17-23)29-26(30)25(18-27)19-28-16-8-7-11-21-9-3-2-4-10-21/h2-4,9-10,14-15,17,19-20,28H,5-8,11-13,16H2,1H3,(H,29,30)/b25-19-. The van der Waals surface area contributed by atoms with Gasteiger partial charge >= 0.3 is 0 Å². The maximum Gasteiger partial charge on any atom is 0.263 e. The van der Waals surface area contributed by atoms with Gasteiger partial charge in [-0.2, -0.15) is 5.26 Å². The normalized spacial score (nSPS) is 14.3. The highest BCUT2D eigenvalue weighted by atomic mass is 16.1. The number of rotatable bonds is 9. The van der Waals surface area contributed by atoms with Gasteiger partial charge in [0.2, 0.25) is 0 Å². The van der Waals surface area contributed by atoms with Gasteiger partial charge in [0.25, 0.3) is 5.91 Å². The minimum Gasteiger partial charge on any atom is -0.390 e. The highest BCUT2D eigenvalue weighted by Crippen LogP contribution is 2.24. The van der Waals surface area contributed by atoms with E-state index in [0.29, 0.717) is 0 Å². The summed E-state index contributed by atoms with van der Waals surface area (Å²) in [4.78, 5) is 12.5. The van der Waals surface area contributed by atoms with Crippen molar-refractivity contribution < 1.29 is 4.79 Å². The molecule has 2 N–H and O–H groups in total. The maximum absolute atomic E-state index is 12.5. The van der Waals surface area contributed by atoms with Crippen LogP contribution in [0.1, 0.15) is 60.9 Å². The van der Waals surface area contributed by atoms with E-state index in [1.54, 1.807) is 0 Å². The Bertz CT molecular complexity index is 912. The predicted molar refractivity (Wildman–Crippen MR) is 121 cm³/mol. The lowest BCUT2D eigenvalue weighted by Crippen LogP contribution is -2.28. The SMILES string of the molecule is CC(NC(=O)/C(C#N)=C\NCCCCc1ccccc1)c1ccc2c(c1)CCCC2. The van der Waals surface area contributed by atoms with E-state index in [0.717, 1.165) is 44.2 Å². The van der Waals surface area contributed by atoms with E-state index < -0.39 is 0 Å². The van der Waals surface area contributed by atoms with Gasteiger partial charge in [0.05, 0.1) is 6.04 Å². The molecule has 4 heteroatoms. The molecule has 1 amide bonds. The lowest BCUT2D eigenvalue weighted by atomic mass is 9.89. The van der Waals surface area contributed by atoms with Crippen molar-refractivity contribution in [1.82, 2.24) is 10.6 Å². The van der Waals surface area contributed by atoms with Crippen LogP contribution in [0.4, 0.5) is 0 Å². The Kier molecular flexibility index (Phi) is 8.09. The third kappa shape index (κ3) is 6.22. The highest BCUT2D eigenvalue weighted by molar-refractivity contribution is 5.97. The largest absolute Gasteiger partial charge is 0.390 e. The van der Waals surface area contributed by atoms with Crippen molar-refractivity contribution >= 4 is 5.91 Å². The van der Waals surface area contributed by atoms with Gasteiger partial charge in [0, 0.05) is 12.7 Å². The molecule has 0 heterocycles. The molecule has 1 aliphatic rings. The van der Waals surface area contributed by atoms with E-state index >= 15 is 0 Å². The molecule has 2 aromatic carbocycles. The Labute approximate surface area is 180 Å². The first-order valence-corrected chi connectivity index (χ1v) is 11.0. The summed E-state index contributed by atoms with van der Waals surface area (Å²) in [6, 6.07) is 18.8. The van der Waals surface area contributed by atoms with Gasteiger partial charge in [-0.25, -0.2) is 0 Å². The number of nitrogens with zero attached hydrogens (tertiary/aromatic N) is 1. The molecule has 2 aromatic rings. The Hall–Kier alpha value is -3.06. The van der Waals surface area contributed by atoms with Gasteiger partial charge in [-0.05, 0) is 74.1 Å². The molecule has 3 rings (SSSR count). The lowest BCUT2D eigenvalue weighted by molar-refractivity contribution is -0.117. The molecule has 30 heavy (non-hydrogen) atoms. The van der Waals surface area contributed by atoms with Crippen LogP contribution in [0.15, 0.2) is 60.3 Å². The number of fused-ring (bicyclic) bond motifs is 1. The van der Waals surface area contributed by atoms with Gasteiger partial charge in [-0.3, -0.25) is 4.79 Å². The summed E-state index contributed by atoms with van der Waals surface area (Å²) in [7, 11) is 0. The third-order valence-corrected chi connectivity index (χ3v) is 5.71. The summed E-state index contributed by atoms with van der Waals surface area (Å²) in [6.07, 6.45) is 9.37. The Balaban J connectivity index is 1.45. The Morgan fingerprint density at radius 2 is 1.87 bits per heavy atom. The number of hydrogen-bond acceptors (Lipinski definition) is 3. The minimum absolute atomic E-state index is 0.114. The Morgan fingerprint density at radius 3 is 2.63 bits per heavy atom. The highest BCUT2D eigenvalue weighted by Gasteiger charge is 2.16. The smallest absolute Gasteiger partial charge is 0.263 e. The fraction of sp³-hybridized carbons (Fsp3) is 0.385. The number of nitriles is 1. The molecule has 0 saturated carbocycles. The number of carbonyl (C=O) groups excluding carboxylic acids is 1. The van der Waals surface area contributed by atoms with Crippen molar-refractivity contribution in [2.45, 2.75) is 57.9 Å². The molecule has 0 aromatic heterocycles. The van der Waals surface area contributed by atoms with Gasteiger partial charge in [-0.15, -0.1) is 0 Å². The van der Waals surface area contributed by atoms with Crippen LogP contribution < -0.4 is 10.6 Å². The second kappa shape index (κ2) is 11.2. The topological polar surface area (TPSA) is 64.9 Å². The first kappa shape index (κ1) is 21.6.